The Hall–Kier alpha value is -2.58. The molecule has 1 aliphatic rings. The smallest absolute Gasteiger partial charge is 0.246 e. The lowest BCUT2D eigenvalue weighted by molar-refractivity contribution is 0.287. The Labute approximate surface area is 164 Å². The van der Waals surface area contributed by atoms with Crippen LogP contribution in [-0.2, 0) is 9.84 Å². The Kier molecular flexibility index (Phi) is 4.76. The quantitative estimate of drug-likeness (QED) is 0.703. The van der Waals surface area contributed by atoms with Crippen LogP contribution in [0.3, 0.4) is 0 Å². The van der Waals surface area contributed by atoms with Crippen LogP contribution >= 0.6 is 0 Å². The molecule has 0 amide bonds. The van der Waals surface area contributed by atoms with Crippen molar-refractivity contribution >= 4 is 26.6 Å². The van der Waals surface area contributed by atoms with Crippen LogP contribution in [0.1, 0.15) is 13.3 Å². The van der Waals surface area contributed by atoms with Gasteiger partial charge in [0.05, 0.1) is 35.5 Å². The number of rotatable bonds is 5. The highest BCUT2D eigenvalue weighted by Crippen LogP contribution is 2.33. The number of anilines is 1. The van der Waals surface area contributed by atoms with Gasteiger partial charge in [-0.3, -0.25) is 0 Å². The van der Waals surface area contributed by atoms with Crippen molar-refractivity contribution in [1.82, 2.24) is 15.2 Å². The lowest BCUT2D eigenvalue weighted by Gasteiger charge is -2.37. The second-order valence-corrected chi connectivity index (χ2v) is 9.57. The van der Waals surface area contributed by atoms with Crippen LogP contribution in [0.15, 0.2) is 48.7 Å². The van der Waals surface area contributed by atoms with Gasteiger partial charge in [-0.1, -0.05) is 42.5 Å². The molecule has 1 fully saturated rings. The normalized spacial score (nSPS) is 21.1. The van der Waals surface area contributed by atoms with Crippen molar-refractivity contribution in [3.05, 3.63) is 48.7 Å². The third-order valence-electron chi connectivity index (χ3n) is 5.31. The number of aliphatic hydroxyl groups is 1. The first kappa shape index (κ1) is 18.8. The lowest BCUT2D eigenvalue weighted by Crippen LogP contribution is -2.50. The van der Waals surface area contributed by atoms with Crippen LogP contribution < -0.4 is 4.90 Å². The van der Waals surface area contributed by atoms with Crippen LogP contribution in [0.5, 0.6) is 0 Å². The molecule has 1 aliphatic heterocycles. The topological polar surface area (TPSA) is 96.3 Å². The third kappa shape index (κ3) is 3.45. The van der Waals surface area contributed by atoms with Gasteiger partial charge in [-0.25, -0.2) is 13.4 Å². The molecule has 3 aromatic rings. The molecule has 0 radical (unpaired) electrons. The zero-order valence-electron chi connectivity index (χ0n) is 15.6. The van der Waals surface area contributed by atoms with Crippen LogP contribution in [0.4, 0.5) is 5.95 Å². The number of fused-ring (bicyclic) bond motifs is 1. The largest absolute Gasteiger partial charge is 0.395 e. The van der Waals surface area contributed by atoms with E-state index >= 15 is 0 Å². The highest BCUT2D eigenvalue weighted by atomic mass is 32.2. The maximum absolute atomic E-state index is 12.1. The van der Waals surface area contributed by atoms with Crippen LogP contribution in [0.25, 0.3) is 22.0 Å². The molecule has 1 unspecified atom stereocenters. The van der Waals surface area contributed by atoms with Gasteiger partial charge in [0.25, 0.3) is 0 Å². The summed E-state index contributed by atoms with van der Waals surface area (Å²) in [6.45, 7) is 1.99. The molecule has 2 heterocycles. The van der Waals surface area contributed by atoms with E-state index in [2.05, 4.69) is 10.2 Å². The molecule has 0 bridgehead atoms. The summed E-state index contributed by atoms with van der Waals surface area (Å²) in [5, 5.41) is 20.0. The van der Waals surface area contributed by atoms with E-state index in [-0.39, 0.29) is 24.7 Å². The fourth-order valence-electron chi connectivity index (χ4n) is 3.90. The molecule has 1 aromatic heterocycles. The molecule has 1 N–H and O–H groups in total. The lowest BCUT2D eigenvalue weighted by atomic mass is 9.99. The predicted molar refractivity (Wildman–Crippen MR) is 109 cm³/mol. The van der Waals surface area contributed by atoms with Gasteiger partial charge in [-0.2, -0.15) is 5.10 Å². The zero-order valence-corrected chi connectivity index (χ0v) is 16.4. The first-order valence-corrected chi connectivity index (χ1v) is 11.0. The number of aliphatic hydroxyl groups excluding tert-OH is 1. The Morgan fingerprint density at radius 2 is 1.96 bits per heavy atom. The van der Waals surface area contributed by atoms with Crippen molar-refractivity contribution in [3.63, 3.8) is 0 Å². The summed E-state index contributed by atoms with van der Waals surface area (Å²) in [7, 11) is -3.12. The fourth-order valence-corrected chi connectivity index (χ4v) is 6.05. The van der Waals surface area contributed by atoms with Crippen LogP contribution in [0, 0.1) is 0 Å². The standard InChI is InChI=1S/C20H22N4O3S/c1-20(9-12-28(26,27)14-20)24(10-11-25)19-22-18(13-21-23-19)17-8-4-6-15-5-2-3-7-16(15)17/h2-8,13,25H,9-12,14H2,1H3. The molecule has 28 heavy (non-hydrogen) atoms. The number of benzene rings is 2. The molecule has 2 aromatic carbocycles. The van der Waals surface area contributed by atoms with Crippen molar-refractivity contribution < 1.29 is 13.5 Å². The summed E-state index contributed by atoms with van der Waals surface area (Å²) in [6, 6.07) is 14.0. The molecule has 0 spiro atoms. The average Bonchev–Trinajstić information content (AvgIpc) is 2.99. The maximum Gasteiger partial charge on any atom is 0.246 e. The van der Waals surface area contributed by atoms with Gasteiger partial charge in [-0.15, -0.1) is 5.10 Å². The third-order valence-corrected chi connectivity index (χ3v) is 7.20. The molecule has 0 aliphatic carbocycles. The van der Waals surface area contributed by atoms with Gasteiger partial charge in [-0.05, 0) is 24.1 Å². The fraction of sp³-hybridized carbons (Fsp3) is 0.350. The van der Waals surface area contributed by atoms with Gasteiger partial charge in [0.2, 0.25) is 5.95 Å². The molecule has 8 heteroatoms. The predicted octanol–water partition coefficient (Wildman–Crippen LogP) is 2.07. The van der Waals surface area contributed by atoms with Crippen molar-refractivity contribution in [3.8, 4) is 11.3 Å². The SMILES string of the molecule is CC1(N(CCO)c2nncc(-c3cccc4ccccc34)n2)CCS(=O)(=O)C1. The van der Waals surface area contributed by atoms with E-state index in [1.807, 2.05) is 49.4 Å². The highest BCUT2D eigenvalue weighted by molar-refractivity contribution is 7.91. The number of hydrogen-bond acceptors (Lipinski definition) is 7. The molecular formula is C20H22N4O3S. The maximum atomic E-state index is 12.1. The Balaban J connectivity index is 1.78. The van der Waals surface area contributed by atoms with Crippen molar-refractivity contribution in [2.24, 2.45) is 0 Å². The zero-order chi connectivity index (χ0) is 19.8. The second kappa shape index (κ2) is 7.10. The summed E-state index contributed by atoms with van der Waals surface area (Å²) in [5.41, 5.74) is 0.928. The minimum absolute atomic E-state index is 0.0157. The first-order chi connectivity index (χ1) is 13.4. The van der Waals surface area contributed by atoms with Crippen LogP contribution in [-0.4, -0.2) is 58.9 Å². The molecule has 146 valence electrons. The van der Waals surface area contributed by atoms with E-state index < -0.39 is 15.4 Å². The molecular weight excluding hydrogens is 376 g/mol. The van der Waals surface area contributed by atoms with E-state index in [1.54, 1.807) is 11.1 Å². The molecule has 4 rings (SSSR count). The number of nitrogens with zero attached hydrogens (tertiary/aromatic N) is 4. The second-order valence-electron chi connectivity index (χ2n) is 7.38. The van der Waals surface area contributed by atoms with Gasteiger partial charge < -0.3 is 10.0 Å². The van der Waals surface area contributed by atoms with Gasteiger partial charge in [0.15, 0.2) is 9.84 Å². The van der Waals surface area contributed by atoms with E-state index in [1.165, 1.54) is 0 Å². The Bertz CT molecular complexity index is 1110. The summed E-state index contributed by atoms with van der Waals surface area (Å²) in [6.07, 6.45) is 2.08. The van der Waals surface area contributed by atoms with Gasteiger partial charge in [0.1, 0.15) is 0 Å². The minimum Gasteiger partial charge on any atom is -0.395 e. The minimum atomic E-state index is -3.12. The molecule has 7 nitrogen and oxygen atoms in total. The van der Waals surface area contributed by atoms with Crippen molar-refractivity contribution in [1.29, 1.82) is 0 Å². The molecule has 1 atom stereocenters. The first-order valence-electron chi connectivity index (χ1n) is 9.19. The van der Waals surface area contributed by atoms with Gasteiger partial charge in [0, 0.05) is 12.1 Å². The number of sulfone groups is 1. The van der Waals surface area contributed by atoms with Crippen molar-refractivity contribution in [2.45, 2.75) is 18.9 Å². The average molecular weight is 398 g/mol. The molecule has 1 saturated heterocycles. The van der Waals surface area contributed by atoms with E-state index in [0.29, 0.717) is 18.1 Å². The number of β-amino-alcohol motifs (C(OH)–C–C–N with tert-alkyl or cyclic N) is 1. The van der Waals surface area contributed by atoms with E-state index in [4.69, 9.17) is 4.98 Å². The monoisotopic (exact) mass is 398 g/mol. The molecule has 0 saturated carbocycles. The van der Waals surface area contributed by atoms with E-state index in [0.717, 1.165) is 16.3 Å². The summed E-state index contributed by atoms with van der Waals surface area (Å²) in [5.74, 6) is 0.475. The highest BCUT2D eigenvalue weighted by Gasteiger charge is 2.44. The summed E-state index contributed by atoms with van der Waals surface area (Å²) in [4.78, 5) is 6.47. The summed E-state index contributed by atoms with van der Waals surface area (Å²) >= 11 is 0. The van der Waals surface area contributed by atoms with Gasteiger partial charge >= 0.3 is 0 Å². The Morgan fingerprint density at radius 1 is 1.18 bits per heavy atom. The Morgan fingerprint density at radius 3 is 2.71 bits per heavy atom. The number of aromatic nitrogens is 3. The van der Waals surface area contributed by atoms with E-state index in [9.17, 15) is 13.5 Å². The number of hydrogen-bond donors (Lipinski definition) is 1. The summed E-state index contributed by atoms with van der Waals surface area (Å²) < 4.78 is 24.2. The van der Waals surface area contributed by atoms with Crippen molar-refractivity contribution in [2.75, 3.05) is 29.6 Å². The van der Waals surface area contributed by atoms with Crippen LogP contribution in [0.2, 0.25) is 0 Å².